The number of hydrogen-bond donors (Lipinski definition) is 0. The second-order valence-electron chi connectivity index (χ2n) is 10.4. The molecule has 7 nitrogen and oxygen atoms in total. The zero-order valence-corrected chi connectivity index (χ0v) is 26.8. The number of halogens is 1. The first-order valence-electron chi connectivity index (χ1n) is 15.1. The molecule has 0 saturated heterocycles. The van der Waals surface area contributed by atoms with Crippen LogP contribution < -0.4 is 21.7 Å². The highest BCUT2D eigenvalue weighted by atomic mass is 35.5. The van der Waals surface area contributed by atoms with Gasteiger partial charge >= 0.3 is 6.01 Å². The molecular formula is C34H44ClN3O4S. The maximum absolute atomic E-state index is 13.6. The largest absolute Gasteiger partial charge is 1.00 e. The third-order valence-corrected chi connectivity index (χ3v) is 8.55. The number of aromatic nitrogens is 3. The molecule has 43 heavy (non-hydrogen) atoms. The summed E-state index contributed by atoms with van der Waals surface area (Å²) < 4.78 is 34.0. The summed E-state index contributed by atoms with van der Waals surface area (Å²) in [5, 5.41) is 2.41. The Morgan fingerprint density at radius 1 is 0.837 bits per heavy atom. The highest BCUT2D eigenvalue weighted by Gasteiger charge is 2.35. The van der Waals surface area contributed by atoms with Crippen LogP contribution in [0.5, 0.6) is 6.01 Å². The summed E-state index contributed by atoms with van der Waals surface area (Å²) in [6.45, 7) is 6.41. The summed E-state index contributed by atoms with van der Waals surface area (Å²) in [4.78, 5) is 8.55. The van der Waals surface area contributed by atoms with Crippen LogP contribution in [0, 0.1) is 0 Å². The van der Waals surface area contributed by atoms with Gasteiger partial charge in [-0.3, -0.25) is 0 Å². The molecule has 2 aromatic heterocycles. The first-order chi connectivity index (χ1) is 20.7. The molecule has 0 aliphatic heterocycles. The molecule has 0 amide bonds. The molecule has 9 heteroatoms. The topological polar surface area (TPSA) is 80.4 Å². The normalized spacial score (nSPS) is 13.3. The van der Waals surface area contributed by atoms with Crippen molar-refractivity contribution in [1.29, 1.82) is 0 Å². The molecule has 3 atom stereocenters. The fourth-order valence-electron chi connectivity index (χ4n) is 4.81. The minimum atomic E-state index is -1.35. The van der Waals surface area contributed by atoms with Crippen LogP contribution in [-0.2, 0) is 40.0 Å². The van der Waals surface area contributed by atoms with E-state index in [9.17, 15) is 4.55 Å². The van der Waals surface area contributed by atoms with E-state index in [-0.39, 0.29) is 18.4 Å². The van der Waals surface area contributed by atoms with Crippen LogP contribution in [0.25, 0.3) is 10.8 Å². The summed E-state index contributed by atoms with van der Waals surface area (Å²) in [7, 11) is 0. The van der Waals surface area contributed by atoms with Crippen LogP contribution in [0.4, 0.5) is 0 Å². The number of pyridine rings is 1. The van der Waals surface area contributed by atoms with Crippen molar-refractivity contribution in [3.63, 3.8) is 0 Å². The molecule has 0 aliphatic carbocycles. The summed E-state index contributed by atoms with van der Waals surface area (Å²) in [5.74, 6) is 0.349. The molecule has 2 aromatic carbocycles. The molecule has 2 heterocycles. The van der Waals surface area contributed by atoms with Gasteiger partial charge in [-0.1, -0.05) is 69.2 Å². The van der Waals surface area contributed by atoms with Crippen LogP contribution in [-0.4, -0.2) is 51.6 Å². The first kappa shape index (κ1) is 34.7. The number of fused-ring (bicyclic) bond motifs is 1. The van der Waals surface area contributed by atoms with Crippen molar-refractivity contribution in [2.75, 3.05) is 25.6 Å². The number of unbranched alkanes of at least 4 members (excludes halogenated alkanes) is 2. The summed E-state index contributed by atoms with van der Waals surface area (Å²) in [6.07, 6.45) is 12.9. The van der Waals surface area contributed by atoms with Gasteiger partial charge in [0.05, 0.1) is 13.2 Å². The number of hydrogen-bond acceptors (Lipinski definition) is 6. The first-order valence-corrected chi connectivity index (χ1v) is 16.5. The average Bonchev–Trinajstić information content (AvgIpc) is 3.02. The number of ether oxygens (including phenoxy) is 3. The zero-order chi connectivity index (χ0) is 29.4. The van der Waals surface area contributed by atoms with Crippen molar-refractivity contribution in [3.05, 3.63) is 96.6 Å². The Balaban J connectivity index is 0.00000506. The summed E-state index contributed by atoms with van der Waals surface area (Å²) in [6, 6.07) is 21.2. The van der Waals surface area contributed by atoms with Crippen LogP contribution in [0.2, 0.25) is 0 Å². The Labute approximate surface area is 265 Å². The predicted molar refractivity (Wildman–Crippen MR) is 168 cm³/mol. The molecule has 0 N–H and O–H groups in total. The lowest BCUT2D eigenvalue weighted by molar-refractivity contribution is -0.698. The van der Waals surface area contributed by atoms with E-state index in [1.165, 1.54) is 35.6 Å². The second kappa shape index (κ2) is 19.5. The molecule has 4 rings (SSSR count). The third-order valence-electron chi connectivity index (χ3n) is 7.02. The van der Waals surface area contributed by atoms with Gasteiger partial charge in [-0.25, -0.2) is 14.5 Å². The van der Waals surface area contributed by atoms with E-state index in [1.54, 1.807) is 18.5 Å². The number of nitrogens with zero attached hydrogens (tertiary/aromatic N) is 3. The van der Waals surface area contributed by atoms with E-state index >= 15 is 0 Å². The second-order valence-corrected chi connectivity index (χ2v) is 12.0. The van der Waals surface area contributed by atoms with Gasteiger partial charge in [-0.05, 0) is 58.4 Å². The standard InChI is InChI=1S/C34H44N3O4S.ClH/c1-3-5-7-11-28-12-14-31-26-29(13-15-30(31)25-28)27-32(41-34-35-16-10-17-36-34)33(40-21-4-2)42(38)24-23-39-22-20-37-18-8-6-9-19-37;/h6,8-10,12-19,25-26,32-33H,3-5,7,11,20-24,27H2,1-2H3;1H/q+1;/p-1. The Bertz CT molecular complexity index is 1320. The fraction of sp³-hybridized carbons (Fsp3) is 0.441. The average molecular weight is 626 g/mol. The lowest BCUT2D eigenvalue weighted by Gasteiger charge is -2.29. The molecule has 0 radical (unpaired) electrons. The lowest BCUT2D eigenvalue weighted by Crippen LogP contribution is -3.00. The van der Waals surface area contributed by atoms with Crippen LogP contribution in [0.3, 0.4) is 0 Å². The quantitative estimate of drug-likeness (QED) is 0.0906. The Kier molecular flexibility index (Phi) is 15.8. The molecule has 0 aliphatic rings. The third kappa shape index (κ3) is 11.7. The molecule has 4 aromatic rings. The summed E-state index contributed by atoms with van der Waals surface area (Å²) >= 11 is -1.35. The van der Waals surface area contributed by atoms with Crippen molar-refractivity contribution < 1.29 is 35.7 Å². The molecule has 3 unspecified atom stereocenters. The molecule has 0 spiro atoms. The van der Waals surface area contributed by atoms with E-state index in [1.807, 2.05) is 37.5 Å². The number of aryl methyl sites for hydroxylation is 1. The van der Waals surface area contributed by atoms with Crippen LogP contribution in [0.1, 0.15) is 50.7 Å². The SMILES string of the molecule is CCCCCc1ccc2cc(CC(Oc3ncccn3)C(OCCC)[S+]([O-])CCOCC[n+]3ccccc3)ccc2c1.[Cl-]. The maximum Gasteiger partial charge on any atom is 0.316 e. The monoisotopic (exact) mass is 625 g/mol. The van der Waals surface area contributed by atoms with Gasteiger partial charge in [0.2, 0.25) is 0 Å². The Morgan fingerprint density at radius 2 is 1.56 bits per heavy atom. The lowest BCUT2D eigenvalue weighted by atomic mass is 9.99. The Morgan fingerprint density at radius 3 is 2.28 bits per heavy atom. The van der Waals surface area contributed by atoms with Crippen molar-refractivity contribution in [3.8, 4) is 6.01 Å². The summed E-state index contributed by atoms with van der Waals surface area (Å²) in [5.41, 5.74) is 1.80. The molecule has 0 saturated carbocycles. The van der Waals surface area contributed by atoms with Crippen molar-refractivity contribution in [1.82, 2.24) is 9.97 Å². The van der Waals surface area contributed by atoms with E-state index in [0.29, 0.717) is 32.0 Å². The van der Waals surface area contributed by atoms with Gasteiger partial charge in [0, 0.05) is 30.9 Å². The van der Waals surface area contributed by atoms with E-state index in [0.717, 1.165) is 24.9 Å². The molecular weight excluding hydrogens is 582 g/mol. The smallest absolute Gasteiger partial charge is 0.316 e. The number of rotatable bonds is 19. The Hall–Kier alpha value is -2.75. The predicted octanol–water partition coefficient (Wildman–Crippen LogP) is 2.86. The van der Waals surface area contributed by atoms with E-state index in [4.69, 9.17) is 14.2 Å². The van der Waals surface area contributed by atoms with Gasteiger partial charge in [0.25, 0.3) is 5.44 Å². The van der Waals surface area contributed by atoms with Crippen molar-refractivity contribution >= 4 is 21.9 Å². The van der Waals surface area contributed by atoms with Gasteiger partial charge in [-0.2, -0.15) is 0 Å². The number of benzene rings is 2. The van der Waals surface area contributed by atoms with Gasteiger partial charge in [0.15, 0.2) is 25.0 Å². The van der Waals surface area contributed by atoms with E-state index in [2.05, 4.69) is 57.9 Å². The van der Waals surface area contributed by atoms with E-state index < -0.39 is 22.7 Å². The fourth-order valence-corrected chi connectivity index (χ4v) is 6.07. The zero-order valence-electron chi connectivity index (χ0n) is 25.3. The van der Waals surface area contributed by atoms with Crippen LogP contribution in [0.15, 0.2) is 85.5 Å². The van der Waals surface area contributed by atoms with Gasteiger partial charge in [-0.15, -0.1) is 0 Å². The maximum atomic E-state index is 13.6. The minimum Gasteiger partial charge on any atom is -1.00 e. The van der Waals surface area contributed by atoms with Crippen LogP contribution >= 0.6 is 0 Å². The molecule has 0 fully saturated rings. The van der Waals surface area contributed by atoms with Crippen molar-refractivity contribution in [2.24, 2.45) is 0 Å². The highest BCUT2D eigenvalue weighted by molar-refractivity contribution is 7.91. The molecule has 232 valence electrons. The minimum absolute atomic E-state index is 0. The van der Waals surface area contributed by atoms with Gasteiger partial charge < -0.3 is 31.2 Å². The highest BCUT2D eigenvalue weighted by Crippen LogP contribution is 2.24. The van der Waals surface area contributed by atoms with Gasteiger partial charge in [0.1, 0.15) is 12.4 Å². The van der Waals surface area contributed by atoms with Crippen molar-refractivity contribution in [2.45, 2.75) is 70.5 Å². The molecule has 0 bridgehead atoms.